The third-order valence-corrected chi connectivity index (χ3v) is 4.01. The van der Waals surface area contributed by atoms with Gasteiger partial charge in [-0.25, -0.2) is 9.07 Å². The van der Waals surface area contributed by atoms with E-state index in [0.29, 0.717) is 5.82 Å². The number of aryl methyl sites for hydroxylation is 1. The summed E-state index contributed by atoms with van der Waals surface area (Å²) in [6.45, 7) is 0.796. The Labute approximate surface area is 117 Å². The van der Waals surface area contributed by atoms with Crippen molar-refractivity contribution in [3.63, 3.8) is 0 Å². The highest BCUT2D eigenvalue weighted by molar-refractivity contribution is 5.61. The average Bonchev–Trinajstić information content (AvgIpc) is 3.10. The molecule has 1 fully saturated rings. The maximum atomic E-state index is 13.2. The predicted molar refractivity (Wildman–Crippen MR) is 74.2 cm³/mol. The number of hydrogen-bond acceptors (Lipinski definition) is 4. The third kappa shape index (κ3) is 2.64. The van der Waals surface area contributed by atoms with Crippen LogP contribution in [0.15, 0.2) is 18.2 Å². The van der Waals surface area contributed by atoms with E-state index in [-0.39, 0.29) is 5.69 Å². The molecule has 0 bridgehead atoms. The van der Waals surface area contributed by atoms with Gasteiger partial charge in [-0.05, 0) is 41.0 Å². The van der Waals surface area contributed by atoms with E-state index < -0.39 is 5.82 Å². The fourth-order valence-electron chi connectivity index (χ4n) is 2.85. The number of nitrogen functional groups attached to an aromatic ring is 1. The van der Waals surface area contributed by atoms with Crippen LogP contribution >= 0.6 is 0 Å². The summed E-state index contributed by atoms with van der Waals surface area (Å²) in [5.41, 5.74) is 6.47. The molecule has 0 aliphatic heterocycles. The van der Waals surface area contributed by atoms with Gasteiger partial charge in [0.25, 0.3) is 0 Å². The lowest BCUT2D eigenvalue weighted by atomic mass is 10.0. The number of nitrogens with two attached hydrogens (primary N) is 1. The molecule has 0 atom stereocenters. The first-order valence-corrected chi connectivity index (χ1v) is 7.05. The number of anilines is 1. The van der Waals surface area contributed by atoms with Gasteiger partial charge in [0.15, 0.2) is 5.82 Å². The molecule has 1 heterocycles. The Bertz CT molecular complexity index is 589. The molecule has 1 saturated carbocycles. The molecule has 1 aliphatic rings. The second kappa shape index (κ2) is 5.56. The zero-order chi connectivity index (χ0) is 13.9. The van der Waals surface area contributed by atoms with Crippen LogP contribution in [0.3, 0.4) is 0 Å². The number of benzene rings is 1. The molecule has 0 saturated heterocycles. The lowest BCUT2D eigenvalue weighted by Crippen LogP contribution is -2.07. The summed E-state index contributed by atoms with van der Waals surface area (Å²) in [6, 6.07) is 4.58. The van der Waals surface area contributed by atoms with Gasteiger partial charge in [-0.1, -0.05) is 25.7 Å². The Morgan fingerprint density at radius 3 is 2.85 bits per heavy atom. The Morgan fingerprint density at radius 2 is 2.10 bits per heavy atom. The first-order valence-electron chi connectivity index (χ1n) is 7.05. The number of halogens is 1. The quantitative estimate of drug-likeness (QED) is 0.871. The highest BCUT2D eigenvalue weighted by atomic mass is 19.1. The van der Waals surface area contributed by atoms with Gasteiger partial charge in [0, 0.05) is 12.1 Å². The van der Waals surface area contributed by atoms with Crippen LogP contribution in [0.1, 0.15) is 32.1 Å². The summed E-state index contributed by atoms with van der Waals surface area (Å²) in [7, 11) is 0. The van der Waals surface area contributed by atoms with E-state index in [0.717, 1.165) is 24.4 Å². The first kappa shape index (κ1) is 13.0. The lowest BCUT2D eigenvalue weighted by molar-refractivity contribution is 0.436. The van der Waals surface area contributed by atoms with Crippen LogP contribution in [0.25, 0.3) is 11.4 Å². The number of hydrogen-bond donors (Lipinski definition) is 1. The summed E-state index contributed by atoms with van der Waals surface area (Å²) in [5, 5.41) is 11.8. The molecule has 0 radical (unpaired) electrons. The van der Waals surface area contributed by atoms with Gasteiger partial charge in [-0.2, -0.15) is 0 Å². The molecule has 5 nitrogen and oxygen atoms in total. The number of tetrazole rings is 1. The minimum absolute atomic E-state index is 0.118. The average molecular weight is 275 g/mol. The molecule has 106 valence electrons. The van der Waals surface area contributed by atoms with E-state index in [1.54, 1.807) is 16.8 Å². The minimum Gasteiger partial charge on any atom is -0.396 e. The second-order valence-electron chi connectivity index (χ2n) is 5.40. The van der Waals surface area contributed by atoms with Crippen LogP contribution in [0.4, 0.5) is 10.1 Å². The molecule has 1 aliphatic carbocycles. The highest BCUT2D eigenvalue weighted by Crippen LogP contribution is 2.28. The number of aromatic nitrogens is 4. The highest BCUT2D eigenvalue weighted by Gasteiger charge is 2.17. The SMILES string of the molecule is Nc1cc(-c2nnnn2CCC2CCCC2)ccc1F. The van der Waals surface area contributed by atoms with E-state index in [2.05, 4.69) is 15.5 Å². The van der Waals surface area contributed by atoms with Crippen LogP contribution in [0, 0.1) is 11.7 Å². The van der Waals surface area contributed by atoms with Crippen molar-refractivity contribution in [2.45, 2.75) is 38.6 Å². The van der Waals surface area contributed by atoms with Crippen molar-refractivity contribution in [2.75, 3.05) is 5.73 Å². The van der Waals surface area contributed by atoms with Crippen LogP contribution in [0.2, 0.25) is 0 Å². The van der Waals surface area contributed by atoms with Crippen molar-refractivity contribution >= 4 is 5.69 Å². The molecule has 3 rings (SSSR count). The van der Waals surface area contributed by atoms with Crippen molar-refractivity contribution in [3.8, 4) is 11.4 Å². The third-order valence-electron chi connectivity index (χ3n) is 4.01. The van der Waals surface area contributed by atoms with E-state index >= 15 is 0 Å². The summed E-state index contributed by atoms with van der Waals surface area (Å²) in [4.78, 5) is 0. The molecule has 0 spiro atoms. The van der Waals surface area contributed by atoms with Crippen molar-refractivity contribution in [1.29, 1.82) is 0 Å². The van der Waals surface area contributed by atoms with Crippen LogP contribution < -0.4 is 5.73 Å². The molecule has 2 aromatic rings. The maximum Gasteiger partial charge on any atom is 0.182 e. The summed E-state index contributed by atoms with van der Waals surface area (Å²) in [6.07, 6.45) is 6.37. The zero-order valence-electron chi connectivity index (χ0n) is 11.3. The standard InChI is InChI=1S/C14H18FN5/c15-12-6-5-11(9-13(12)16)14-17-18-19-20(14)8-7-10-3-1-2-4-10/h5-6,9-10H,1-4,7-8,16H2. The molecule has 6 heteroatoms. The molecule has 1 aromatic carbocycles. The van der Waals surface area contributed by atoms with E-state index in [1.807, 2.05) is 0 Å². The minimum atomic E-state index is -0.418. The molecular formula is C14H18FN5. The van der Waals surface area contributed by atoms with Gasteiger partial charge in [-0.3, -0.25) is 0 Å². The summed E-state index contributed by atoms with van der Waals surface area (Å²) < 4.78 is 15.0. The molecule has 0 amide bonds. The Kier molecular flexibility index (Phi) is 3.62. The van der Waals surface area contributed by atoms with Crippen molar-refractivity contribution in [1.82, 2.24) is 20.2 Å². The number of rotatable bonds is 4. The van der Waals surface area contributed by atoms with E-state index in [4.69, 9.17) is 5.73 Å². The smallest absolute Gasteiger partial charge is 0.182 e. The van der Waals surface area contributed by atoms with Crippen LogP contribution in [0.5, 0.6) is 0 Å². The van der Waals surface area contributed by atoms with Gasteiger partial charge < -0.3 is 5.73 Å². The maximum absolute atomic E-state index is 13.2. The van der Waals surface area contributed by atoms with Gasteiger partial charge in [0.1, 0.15) is 5.82 Å². The lowest BCUT2D eigenvalue weighted by Gasteiger charge is -2.09. The van der Waals surface area contributed by atoms with Gasteiger partial charge in [0.05, 0.1) is 5.69 Å². The molecule has 20 heavy (non-hydrogen) atoms. The van der Waals surface area contributed by atoms with E-state index in [9.17, 15) is 4.39 Å². The van der Waals surface area contributed by atoms with Crippen molar-refractivity contribution in [3.05, 3.63) is 24.0 Å². The zero-order valence-corrected chi connectivity index (χ0v) is 11.3. The fourth-order valence-corrected chi connectivity index (χ4v) is 2.85. The summed E-state index contributed by atoms with van der Waals surface area (Å²) in [5.74, 6) is 1.01. The van der Waals surface area contributed by atoms with Crippen molar-refractivity contribution in [2.24, 2.45) is 5.92 Å². The van der Waals surface area contributed by atoms with Crippen molar-refractivity contribution < 1.29 is 4.39 Å². The van der Waals surface area contributed by atoms with E-state index in [1.165, 1.54) is 31.7 Å². The summed E-state index contributed by atoms with van der Waals surface area (Å²) >= 11 is 0. The largest absolute Gasteiger partial charge is 0.396 e. The first-order chi connectivity index (χ1) is 9.74. The van der Waals surface area contributed by atoms with Crippen LogP contribution in [-0.2, 0) is 6.54 Å². The van der Waals surface area contributed by atoms with Gasteiger partial charge in [0.2, 0.25) is 0 Å². The molecule has 2 N–H and O–H groups in total. The number of nitrogens with zero attached hydrogens (tertiary/aromatic N) is 4. The van der Waals surface area contributed by atoms with Crippen LogP contribution in [-0.4, -0.2) is 20.2 Å². The molecule has 1 aromatic heterocycles. The second-order valence-corrected chi connectivity index (χ2v) is 5.40. The molecular weight excluding hydrogens is 257 g/mol. The Morgan fingerprint density at radius 1 is 1.30 bits per heavy atom. The van der Waals surface area contributed by atoms with Gasteiger partial charge >= 0.3 is 0 Å². The monoisotopic (exact) mass is 275 g/mol. The normalized spacial score (nSPS) is 15.8. The Balaban J connectivity index is 1.76. The Hall–Kier alpha value is -1.98. The molecule has 0 unspecified atom stereocenters. The van der Waals surface area contributed by atoms with Gasteiger partial charge in [-0.15, -0.1) is 5.10 Å². The fraction of sp³-hybridized carbons (Fsp3) is 0.500. The predicted octanol–water partition coefficient (Wildman–Crippen LogP) is 2.64. The topological polar surface area (TPSA) is 69.6 Å².